The average molecular weight is 611 g/mol. The summed E-state index contributed by atoms with van der Waals surface area (Å²) in [4.78, 5) is 32.4. The molecule has 0 atom stereocenters. The summed E-state index contributed by atoms with van der Waals surface area (Å²) >= 11 is 4.89. The SMILES string of the molecule is CCOc1cc(/C=C2/SC(=Nc3ccc(OC)cc3)N(CC)C2=O)c(Br)cc1OCC(=O)Nc1ccccc1. The molecule has 1 N–H and O–H groups in total. The Kier molecular flexibility index (Phi) is 9.67. The summed E-state index contributed by atoms with van der Waals surface area (Å²) in [5.41, 5.74) is 2.15. The molecule has 1 heterocycles. The molecule has 0 aliphatic carbocycles. The second-order valence-electron chi connectivity index (χ2n) is 8.21. The number of likely N-dealkylation sites (N-methyl/N-ethyl adjacent to an activating group) is 1. The van der Waals surface area contributed by atoms with E-state index >= 15 is 0 Å². The molecule has 0 bridgehead atoms. The molecule has 39 heavy (non-hydrogen) atoms. The number of methoxy groups -OCH3 is 1. The number of carbonyl (C=O) groups excluding carboxylic acids is 2. The van der Waals surface area contributed by atoms with Crippen LogP contribution in [0.25, 0.3) is 6.08 Å². The van der Waals surface area contributed by atoms with Crippen molar-refractivity contribution in [1.29, 1.82) is 0 Å². The van der Waals surface area contributed by atoms with Gasteiger partial charge in [-0.05, 0) is 85.8 Å². The van der Waals surface area contributed by atoms with Gasteiger partial charge in [-0.15, -0.1) is 0 Å². The van der Waals surface area contributed by atoms with E-state index in [1.54, 1.807) is 42.4 Å². The highest BCUT2D eigenvalue weighted by Gasteiger charge is 2.32. The highest BCUT2D eigenvalue weighted by atomic mass is 79.9. The number of nitrogens with one attached hydrogen (secondary N) is 1. The fourth-order valence-corrected chi connectivity index (χ4v) is 5.17. The standard InChI is InChI=1S/C29H28BrN3O5S/c1-4-33-28(35)26(39-29(33)32-21-11-13-22(36-3)14-12-21)16-19-15-24(37-5-2)25(17-23(19)30)38-18-27(34)31-20-9-7-6-8-10-20/h6-17H,4-5,18H2,1-3H3,(H,31,34)/b26-16+,32-29?. The minimum atomic E-state index is -0.290. The molecule has 0 aromatic heterocycles. The van der Waals surface area contributed by atoms with Crippen LogP contribution in [-0.4, -0.2) is 48.8 Å². The Labute approximate surface area is 240 Å². The van der Waals surface area contributed by atoms with E-state index in [1.165, 1.54) is 11.8 Å². The van der Waals surface area contributed by atoms with Gasteiger partial charge in [-0.25, -0.2) is 4.99 Å². The van der Waals surface area contributed by atoms with Gasteiger partial charge >= 0.3 is 0 Å². The lowest BCUT2D eigenvalue weighted by atomic mass is 10.2. The first-order chi connectivity index (χ1) is 18.9. The van der Waals surface area contributed by atoms with Crippen LogP contribution in [0.15, 0.2) is 81.1 Å². The maximum atomic E-state index is 13.2. The van der Waals surface area contributed by atoms with Crippen LogP contribution in [-0.2, 0) is 9.59 Å². The van der Waals surface area contributed by atoms with E-state index in [-0.39, 0.29) is 18.4 Å². The van der Waals surface area contributed by atoms with Gasteiger partial charge in [0.1, 0.15) is 5.75 Å². The van der Waals surface area contributed by atoms with Crippen LogP contribution < -0.4 is 19.5 Å². The van der Waals surface area contributed by atoms with Crippen molar-refractivity contribution < 1.29 is 23.8 Å². The first-order valence-electron chi connectivity index (χ1n) is 12.3. The van der Waals surface area contributed by atoms with Crippen molar-refractivity contribution in [2.45, 2.75) is 13.8 Å². The highest BCUT2D eigenvalue weighted by Crippen LogP contribution is 2.39. The fraction of sp³-hybridized carbons (Fsp3) is 0.207. The van der Waals surface area contributed by atoms with E-state index in [2.05, 4.69) is 26.2 Å². The van der Waals surface area contributed by atoms with E-state index in [0.717, 1.165) is 17.0 Å². The number of aliphatic imine (C=N–C) groups is 1. The number of amides is 2. The van der Waals surface area contributed by atoms with Crippen molar-refractivity contribution in [3.63, 3.8) is 0 Å². The summed E-state index contributed by atoms with van der Waals surface area (Å²) in [6.07, 6.45) is 1.80. The van der Waals surface area contributed by atoms with Gasteiger partial charge < -0.3 is 19.5 Å². The molecule has 2 amide bonds. The molecule has 1 aliphatic rings. The third-order valence-corrected chi connectivity index (χ3v) is 7.26. The van der Waals surface area contributed by atoms with Crippen molar-refractivity contribution >= 4 is 62.1 Å². The Morgan fingerprint density at radius 3 is 2.44 bits per heavy atom. The molecule has 202 valence electrons. The van der Waals surface area contributed by atoms with Crippen LogP contribution in [0.2, 0.25) is 0 Å². The zero-order valence-electron chi connectivity index (χ0n) is 21.8. The predicted octanol–water partition coefficient (Wildman–Crippen LogP) is 6.50. The van der Waals surface area contributed by atoms with E-state index < -0.39 is 0 Å². The molecule has 0 radical (unpaired) electrons. The quantitative estimate of drug-likeness (QED) is 0.264. The summed E-state index contributed by atoms with van der Waals surface area (Å²) in [6, 6.07) is 20.0. The lowest BCUT2D eigenvalue weighted by Gasteiger charge is -2.14. The Morgan fingerprint density at radius 1 is 1.05 bits per heavy atom. The fourth-order valence-electron chi connectivity index (χ4n) is 3.68. The first kappa shape index (κ1) is 28.3. The normalized spacial score (nSPS) is 15.1. The minimum absolute atomic E-state index is 0.127. The Morgan fingerprint density at radius 2 is 1.77 bits per heavy atom. The highest BCUT2D eigenvalue weighted by molar-refractivity contribution is 9.10. The van der Waals surface area contributed by atoms with Gasteiger partial charge in [-0.1, -0.05) is 34.1 Å². The number of halogens is 1. The third-order valence-electron chi connectivity index (χ3n) is 5.57. The topological polar surface area (TPSA) is 89.5 Å². The minimum Gasteiger partial charge on any atom is -0.497 e. The number of hydrogen-bond acceptors (Lipinski definition) is 7. The largest absolute Gasteiger partial charge is 0.497 e. The number of ether oxygens (including phenoxy) is 3. The summed E-state index contributed by atoms with van der Waals surface area (Å²) in [5, 5.41) is 3.39. The van der Waals surface area contributed by atoms with Gasteiger partial charge in [0.2, 0.25) is 0 Å². The van der Waals surface area contributed by atoms with Crippen LogP contribution in [0.1, 0.15) is 19.4 Å². The maximum absolute atomic E-state index is 13.2. The average Bonchev–Trinajstić information content (AvgIpc) is 3.23. The first-order valence-corrected chi connectivity index (χ1v) is 13.9. The Balaban J connectivity index is 1.54. The lowest BCUT2D eigenvalue weighted by molar-refractivity contribution is -0.122. The van der Waals surface area contributed by atoms with Gasteiger partial charge in [-0.3, -0.25) is 14.5 Å². The van der Waals surface area contributed by atoms with Gasteiger partial charge in [-0.2, -0.15) is 0 Å². The Hall–Kier alpha value is -3.76. The summed E-state index contributed by atoms with van der Waals surface area (Å²) in [5.74, 6) is 1.20. The van der Waals surface area contributed by atoms with E-state index in [1.807, 2.05) is 56.3 Å². The number of amidine groups is 1. The number of rotatable bonds is 10. The van der Waals surface area contributed by atoms with Crippen molar-refractivity contribution in [3.8, 4) is 17.2 Å². The predicted molar refractivity (Wildman–Crippen MR) is 159 cm³/mol. The zero-order chi connectivity index (χ0) is 27.8. The summed E-state index contributed by atoms with van der Waals surface area (Å²) in [7, 11) is 1.61. The van der Waals surface area contributed by atoms with Gasteiger partial charge in [0, 0.05) is 16.7 Å². The number of benzene rings is 3. The molecular weight excluding hydrogens is 582 g/mol. The molecule has 8 nitrogen and oxygen atoms in total. The van der Waals surface area contributed by atoms with E-state index in [0.29, 0.717) is 44.9 Å². The van der Waals surface area contributed by atoms with Crippen LogP contribution >= 0.6 is 27.7 Å². The van der Waals surface area contributed by atoms with Crippen molar-refractivity contribution in [2.75, 3.05) is 32.2 Å². The molecule has 1 aliphatic heterocycles. The van der Waals surface area contributed by atoms with Crippen LogP contribution in [0.3, 0.4) is 0 Å². The lowest BCUT2D eigenvalue weighted by Crippen LogP contribution is -2.28. The number of nitrogens with zero attached hydrogens (tertiary/aromatic N) is 2. The van der Waals surface area contributed by atoms with E-state index in [4.69, 9.17) is 14.2 Å². The summed E-state index contributed by atoms with van der Waals surface area (Å²) in [6.45, 7) is 4.48. The number of carbonyl (C=O) groups is 2. The monoisotopic (exact) mass is 609 g/mol. The summed E-state index contributed by atoms with van der Waals surface area (Å²) < 4.78 is 17.5. The Bertz CT molecular complexity index is 1390. The maximum Gasteiger partial charge on any atom is 0.266 e. The molecule has 3 aromatic carbocycles. The van der Waals surface area contributed by atoms with Gasteiger partial charge in [0.15, 0.2) is 23.3 Å². The van der Waals surface area contributed by atoms with Crippen molar-refractivity contribution in [3.05, 3.63) is 81.7 Å². The van der Waals surface area contributed by atoms with Gasteiger partial charge in [0.05, 0.1) is 24.3 Å². The molecule has 1 saturated heterocycles. The number of para-hydroxylation sites is 1. The third kappa shape index (κ3) is 7.21. The smallest absolute Gasteiger partial charge is 0.266 e. The molecule has 0 unspecified atom stereocenters. The van der Waals surface area contributed by atoms with Crippen LogP contribution in [0.5, 0.6) is 17.2 Å². The molecule has 3 aromatic rings. The molecule has 1 fully saturated rings. The van der Waals surface area contributed by atoms with Crippen molar-refractivity contribution in [1.82, 2.24) is 4.90 Å². The second kappa shape index (κ2) is 13.3. The van der Waals surface area contributed by atoms with Crippen molar-refractivity contribution in [2.24, 2.45) is 4.99 Å². The molecule has 0 spiro atoms. The number of hydrogen-bond donors (Lipinski definition) is 1. The zero-order valence-corrected chi connectivity index (χ0v) is 24.2. The molecular formula is C29H28BrN3O5S. The number of thioether (sulfide) groups is 1. The number of anilines is 1. The van der Waals surface area contributed by atoms with Crippen LogP contribution in [0, 0.1) is 0 Å². The van der Waals surface area contributed by atoms with Gasteiger partial charge in [0.25, 0.3) is 11.8 Å². The van der Waals surface area contributed by atoms with Crippen LogP contribution in [0.4, 0.5) is 11.4 Å². The molecule has 4 rings (SSSR count). The molecule has 0 saturated carbocycles. The van der Waals surface area contributed by atoms with E-state index in [9.17, 15) is 9.59 Å². The molecule has 10 heteroatoms. The second-order valence-corrected chi connectivity index (χ2v) is 10.1.